The molecule has 0 spiro atoms. The highest BCUT2D eigenvalue weighted by Gasteiger charge is 2.40. The van der Waals surface area contributed by atoms with Crippen molar-refractivity contribution in [2.45, 2.75) is 16.6 Å². The number of amides is 2. The van der Waals surface area contributed by atoms with Crippen LogP contribution in [0.2, 0.25) is 10.0 Å². The summed E-state index contributed by atoms with van der Waals surface area (Å²) in [5, 5.41) is 0.234. The second kappa shape index (κ2) is 6.43. The van der Waals surface area contributed by atoms with Gasteiger partial charge in [-0.15, -0.1) is 11.8 Å². The Hall–Kier alpha value is -1.69. The number of thioether (sulfide) groups is 1. The number of nitrogens with two attached hydrogens (primary N) is 1. The SMILES string of the molecule is Nc1ccccc1S[C@H]1CC(=O)N(c2cc(Cl)cc(Cl)c2)C1=O. The van der Waals surface area contributed by atoms with E-state index in [-0.39, 0.29) is 18.2 Å². The Balaban J connectivity index is 1.87. The Morgan fingerprint density at radius 3 is 2.39 bits per heavy atom. The summed E-state index contributed by atoms with van der Waals surface area (Å²) in [7, 11) is 0. The van der Waals surface area contributed by atoms with E-state index < -0.39 is 5.25 Å². The molecule has 0 saturated carbocycles. The van der Waals surface area contributed by atoms with Crippen LogP contribution in [0.5, 0.6) is 0 Å². The quantitative estimate of drug-likeness (QED) is 0.658. The third kappa shape index (κ3) is 3.32. The maximum Gasteiger partial charge on any atom is 0.247 e. The second-order valence-corrected chi connectivity index (χ2v) is 7.16. The van der Waals surface area contributed by atoms with Crippen LogP contribution in [0.1, 0.15) is 6.42 Å². The Morgan fingerprint density at radius 2 is 1.74 bits per heavy atom. The molecule has 23 heavy (non-hydrogen) atoms. The summed E-state index contributed by atoms with van der Waals surface area (Å²) < 4.78 is 0. The highest BCUT2D eigenvalue weighted by atomic mass is 35.5. The fraction of sp³-hybridized carbons (Fsp3) is 0.125. The second-order valence-electron chi connectivity index (χ2n) is 5.04. The summed E-state index contributed by atoms with van der Waals surface area (Å²) in [4.78, 5) is 26.8. The van der Waals surface area contributed by atoms with E-state index in [1.165, 1.54) is 11.8 Å². The molecule has 1 fully saturated rings. The zero-order valence-corrected chi connectivity index (χ0v) is 14.2. The van der Waals surface area contributed by atoms with Crippen LogP contribution in [0.4, 0.5) is 11.4 Å². The van der Waals surface area contributed by atoms with Crippen LogP contribution >= 0.6 is 35.0 Å². The first-order valence-corrected chi connectivity index (χ1v) is 8.43. The molecule has 7 heteroatoms. The third-order valence-electron chi connectivity index (χ3n) is 3.40. The molecule has 0 unspecified atom stereocenters. The van der Waals surface area contributed by atoms with E-state index in [2.05, 4.69) is 0 Å². The third-order valence-corrected chi connectivity index (χ3v) is 5.11. The summed E-state index contributed by atoms with van der Waals surface area (Å²) in [6, 6.07) is 11.9. The summed E-state index contributed by atoms with van der Waals surface area (Å²) in [6.07, 6.45) is 0.113. The summed E-state index contributed by atoms with van der Waals surface area (Å²) >= 11 is 13.2. The van der Waals surface area contributed by atoms with Gasteiger partial charge in [0.15, 0.2) is 0 Å². The molecule has 1 heterocycles. The fourth-order valence-corrected chi connectivity index (χ4v) is 3.99. The average Bonchev–Trinajstić information content (AvgIpc) is 2.75. The van der Waals surface area contributed by atoms with Crippen LogP contribution < -0.4 is 10.6 Å². The predicted octanol–water partition coefficient (Wildman–Crippen LogP) is 4.00. The Kier molecular flexibility index (Phi) is 4.53. The molecule has 2 aromatic rings. The number of rotatable bonds is 3. The number of halogens is 2. The molecule has 4 nitrogen and oxygen atoms in total. The van der Waals surface area contributed by atoms with Crippen molar-refractivity contribution in [2.75, 3.05) is 10.6 Å². The molecule has 1 aliphatic heterocycles. The monoisotopic (exact) mass is 366 g/mol. The van der Waals surface area contributed by atoms with Crippen molar-refractivity contribution < 1.29 is 9.59 Å². The van der Waals surface area contributed by atoms with Gasteiger partial charge >= 0.3 is 0 Å². The van der Waals surface area contributed by atoms with Crippen molar-refractivity contribution in [1.82, 2.24) is 0 Å². The number of para-hydroxylation sites is 1. The molecule has 1 atom stereocenters. The smallest absolute Gasteiger partial charge is 0.247 e. The van der Waals surface area contributed by atoms with Gasteiger partial charge in [-0.3, -0.25) is 9.59 Å². The van der Waals surface area contributed by atoms with Gasteiger partial charge in [-0.25, -0.2) is 4.90 Å². The Morgan fingerprint density at radius 1 is 1.09 bits per heavy atom. The first-order chi connectivity index (χ1) is 11.0. The van der Waals surface area contributed by atoms with E-state index >= 15 is 0 Å². The first-order valence-electron chi connectivity index (χ1n) is 6.80. The minimum atomic E-state index is -0.509. The summed E-state index contributed by atoms with van der Waals surface area (Å²) in [5.74, 6) is -0.568. The number of hydrogen-bond donors (Lipinski definition) is 1. The number of hydrogen-bond acceptors (Lipinski definition) is 4. The molecule has 0 aliphatic carbocycles. The molecule has 2 N–H and O–H groups in total. The summed E-state index contributed by atoms with van der Waals surface area (Å²) in [6.45, 7) is 0. The average molecular weight is 367 g/mol. The molecule has 0 aromatic heterocycles. The Labute approximate surface area is 147 Å². The number of nitrogens with zero attached hydrogens (tertiary/aromatic N) is 1. The van der Waals surface area contributed by atoms with Crippen LogP contribution in [0.15, 0.2) is 47.4 Å². The fourth-order valence-electron chi connectivity index (χ4n) is 2.38. The minimum Gasteiger partial charge on any atom is -0.398 e. The maximum atomic E-state index is 12.6. The molecule has 2 amide bonds. The van der Waals surface area contributed by atoms with Crippen LogP contribution in [-0.4, -0.2) is 17.1 Å². The van der Waals surface area contributed by atoms with Gasteiger partial charge in [-0.1, -0.05) is 35.3 Å². The van der Waals surface area contributed by atoms with E-state index in [4.69, 9.17) is 28.9 Å². The minimum absolute atomic E-state index is 0.113. The molecule has 118 valence electrons. The number of carbonyl (C=O) groups excluding carboxylic acids is 2. The molecule has 0 bridgehead atoms. The lowest BCUT2D eigenvalue weighted by molar-refractivity contribution is -0.121. The zero-order chi connectivity index (χ0) is 16.6. The molecule has 3 rings (SSSR count). The standard InChI is InChI=1S/C16H12Cl2N2O2S/c17-9-5-10(18)7-11(6-9)20-15(21)8-14(16(20)22)23-13-4-2-1-3-12(13)19/h1-7,14H,8,19H2/t14-/m0/s1. The number of anilines is 2. The van der Waals surface area contributed by atoms with Crippen LogP contribution in [0.3, 0.4) is 0 Å². The molecular formula is C16H12Cl2N2O2S. The van der Waals surface area contributed by atoms with Crippen molar-refractivity contribution in [3.8, 4) is 0 Å². The van der Waals surface area contributed by atoms with Crippen LogP contribution in [-0.2, 0) is 9.59 Å². The van der Waals surface area contributed by atoms with Crippen LogP contribution in [0.25, 0.3) is 0 Å². The highest BCUT2D eigenvalue weighted by Crippen LogP contribution is 2.37. The van der Waals surface area contributed by atoms with Gasteiger partial charge in [-0.2, -0.15) is 0 Å². The Bertz CT molecular complexity index is 777. The highest BCUT2D eigenvalue weighted by molar-refractivity contribution is 8.00. The van der Waals surface area contributed by atoms with Crippen molar-refractivity contribution in [3.05, 3.63) is 52.5 Å². The topological polar surface area (TPSA) is 63.4 Å². The molecule has 2 aromatic carbocycles. The lowest BCUT2D eigenvalue weighted by Crippen LogP contribution is -2.31. The van der Waals surface area contributed by atoms with Crippen molar-refractivity contribution in [1.29, 1.82) is 0 Å². The van der Waals surface area contributed by atoms with Gasteiger partial charge in [-0.05, 0) is 30.3 Å². The van der Waals surface area contributed by atoms with Crippen molar-refractivity contribution in [3.63, 3.8) is 0 Å². The molecule has 1 aliphatic rings. The molecule has 0 radical (unpaired) electrons. The number of carbonyl (C=O) groups is 2. The zero-order valence-electron chi connectivity index (χ0n) is 11.8. The van der Waals surface area contributed by atoms with Crippen LogP contribution in [0, 0.1) is 0 Å². The van der Waals surface area contributed by atoms with Gasteiger partial charge in [0, 0.05) is 27.0 Å². The lowest BCUT2D eigenvalue weighted by Gasteiger charge is -2.16. The first kappa shape index (κ1) is 16.2. The molecule has 1 saturated heterocycles. The summed E-state index contributed by atoms with van der Waals surface area (Å²) in [5.41, 5.74) is 6.87. The van der Waals surface area contributed by atoms with E-state index in [9.17, 15) is 9.59 Å². The largest absolute Gasteiger partial charge is 0.398 e. The predicted molar refractivity (Wildman–Crippen MR) is 94.1 cm³/mol. The van der Waals surface area contributed by atoms with Gasteiger partial charge in [0.25, 0.3) is 0 Å². The number of nitrogen functional groups attached to an aromatic ring is 1. The number of imide groups is 1. The van der Waals surface area contributed by atoms with Gasteiger partial charge in [0.05, 0.1) is 10.9 Å². The van der Waals surface area contributed by atoms with E-state index in [0.717, 1.165) is 9.80 Å². The maximum absolute atomic E-state index is 12.6. The van der Waals surface area contributed by atoms with Gasteiger partial charge in [0.1, 0.15) is 0 Å². The van der Waals surface area contributed by atoms with Crippen molar-refractivity contribution in [2.24, 2.45) is 0 Å². The van der Waals surface area contributed by atoms with Crippen molar-refractivity contribution >= 4 is 58.2 Å². The number of benzene rings is 2. The lowest BCUT2D eigenvalue weighted by atomic mass is 10.3. The van der Waals surface area contributed by atoms with Gasteiger partial charge < -0.3 is 5.73 Å². The van der Waals surface area contributed by atoms with E-state index in [1.54, 1.807) is 24.3 Å². The van der Waals surface area contributed by atoms with Gasteiger partial charge in [0.2, 0.25) is 11.8 Å². The van der Waals surface area contributed by atoms with E-state index in [0.29, 0.717) is 21.4 Å². The normalized spacial score (nSPS) is 17.8. The van der Waals surface area contributed by atoms with E-state index in [1.807, 2.05) is 18.2 Å². The molecular weight excluding hydrogens is 355 g/mol.